The normalized spacial score (nSPS) is 10.3. The van der Waals surface area contributed by atoms with Crippen LogP contribution in [-0.4, -0.2) is 11.0 Å². The van der Waals surface area contributed by atoms with Gasteiger partial charge in [-0.1, -0.05) is 44.2 Å². The number of amides is 1. The van der Waals surface area contributed by atoms with E-state index >= 15 is 0 Å². The highest BCUT2D eigenvalue weighted by atomic mass is 35.5. The Morgan fingerprint density at radius 3 is 2.67 bits per heavy atom. The van der Waals surface area contributed by atoms with E-state index in [0.29, 0.717) is 12.1 Å². The molecule has 0 radical (unpaired) electrons. The third-order valence-electron chi connectivity index (χ3n) is 2.74. The average Bonchev–Trinajstić information content (AvgIpc) is 2.34. The molecule has 0 fully saturated rings. The molecule has 0 heterocycles. The first-order chi connectivity index (χ1) is 8.63. The third-order valence-corrected chi connectivity index (χ3v) is 3.06. The molecule has 4 heteroatoms. The predicted octanol–water partition coefficient (Wildman–Crippen LogP) is 4.34. The Hall–Kier alpha value is -1.22. The number of phenolic OH excluding ortho intramolecular Hbond substituents is 1. The zero-order chi connectivity index (χ0) is 13.4. The number of carbonyl (C=O) groups excluding carboxylic acids is 1. The van der Waals surface area contributed by atoms with E-state index < -0.39 is 0 Å². The van der Waals surface area contributed by atoms with Crippen LogP contribution >= 0.6 is 11.6 Å². The quantitative estimate of drug-likeness (QED) is 0.723. The van der Waals surface area contributed by atoms with Crippen molar-refractivity contribution in [1.29, 1.82) is 0 Å². The predicted molar refractivity (Wildman–Crippen MR) is 75.1 cm³/mol. The standard InChI is InChI=1S/C14H20ClNO2/c1-2-3-4-5-6-7-14(18)16-11-8-9-12(15)13(17)10-11/h8-10,17H,2-7H2,1H3,(H,16,18). The maximum absolute atomic E-state index is 11.6. The number of nitrogens with one attached hydrogen (secondary N) is 1. The van der Waals surface area contributed by atoms with Crippen LogP contribution in [0, 0.1) is 0 Å². The van der Waals surface area contributed by atoms with Gasteiger partial charge in [-0.05, 0) is 18.6 Å². The van der Waals surface area contributed by atoms with E-state index in [1.165, 1.54) is 25.3 Å². The van der Waals surface area contributed by atoms with E-state index in [2.05, 4.69) is 12.2 Å². The molecule has 0 bridgehead atoms. The average molecular weight is 270 g/mol. The molecule has 100 valence electrons. The summed E-state index contributed by atoms with van der Waals surface area (Å²) in [5.41, 5.74) is 0.579. The summed E-state index contributed by atoms with van der Waals surface area (Å²) in [4.78, 5) is 11.6. The molecule has 0 aromatic heterocycles. The van der Waals surface area contributed by atoms with Crippen molar-refractivity contribution in [2.45, 2.75) is 45.4 Å². The van der Waals surface area contributed by atoms with Crippen molar-refractivity contribution in [3.63, 3.8) is 0 Å². The summed E-state index contributed by atoms with van der Waals surface area (Å²) in [6.45, 7) is 2.17. The van der Waals surface area contributed by atoms with Gasteiger partial charge in [0, 0.05) is 18.2 Å². The smallest absolute Gasteiger partial charge is 0.224 e. The summed E-state index contributed by atoms with van der Waals surface area (Å²) in [6, 6.07) is 4.70. The molecule has 0 aliphatic carbocycles. The van der Waals surface area contributed by atoms with E-state index in [-0.39, 0.29) is 16.7 Å². The zero-order valence-corrected chi connectivity index (χ0v) is 11.5. The largest absolute Gasteiger partial charge is 0.506 e. The summed E-state index contributed by atoms with van der Waals surface area (Å²) in [7, 11) is 0. The highest BCUT2D eigenvalue weighted by molar-refractivity contribution is 6.32. The Morgan fingerprint density at radius 2 is 2.00 bits per heavy atom. The van der Waals surface area contributed by atoms with Gasteiger partial charge in [-0.2, -0.15) is 0 Å². The first-order valence-corrected chi connectivity index (χ1v) is 6.79. The van der Waals surface area contributed by atoms with Gasteiger partial charge >= 0.3 is 0 Å². The zero-order valence-electron chi connectivity index (χ0n) is 10.7. The fraction of sp³-hybridized carbons (Fsp3) is 0.500. The number of hydrogen-bond acceptors (Lipinski definition) is 2. The van der Waals surface area contributed by atoms with Crippen LogP contribution in [-0.2, 0) is 4.79 Å². The molecule has 0 spiro atoms. The summed E-state index contributed by atoms with van der Waals surface area (Å²) in [6.07, 6.45) is 6.14. The highest BCUT2D eigenvalue weighted by Gasteiger charge is 2.04. The summed E-state index contributed by atoms with van der Waals surface area (Å²) in [5.74, 6) is -0.0365. The number of aromatic hydroxyl groups is 1. The van der Waals surface area contributed by atoms with E-state index in [9.17, 15) is 9.90 Å². The number of rotatable bonds is 7. The van der Waals surface area contributed by atoms with E-state index in [1.54, 1.807) is 12.1 Å². The summed E-state index contributed by atoms with van der Waals surface area (Å²) in [5, 5.41) is 12.4. The Morgan fingerprint density at radius 1 is 1.28 bits per heavy atom. The number of benzene rings is 1. The van der Waals surface area contributed by atoms with Crippen molar-refractivity contribution in [2.24, 2.45) is 0 Å². The van der Waals surface area contributed by atoms with Crippen LogP contribution in [0.1, 0.15) is 45.4 Å². The Balaban J connectivity index is 2.29. The molecule has 0 unspecified atom stereocenters. The van der Waals surface area contributed by atoms with Crippen LogP contribution in [0.2, 0.25) is 5.02 Å². The van der Waals surface area contributed by atoms with Gasteiger partial charge in [0.2, 0.25) is 5.91 Å². The number of phenols is 1. The minimum atomic E-state index is -0.0202. The topological polar surface area (TPSA) is 49.3 Å². The van der Waals surface area contributed by atoms with Gasteiger partial charge in [0.25, 0.3) is 0 Å². The van der Waals surface area contributed by atoms with Crippen LogP contribution in [0.25, 0.3) is 0 Å². The van der Waals surface area contributed by atoms with Crippen molar-refractivity contribution in [3.8, 4) is 5.75 Å². The Labute approximate surface area is 113 Å². The number of halogens is 1. The molecule has 18 heavy (non-hydrogen) atoms. The second-order valence-electron chi connectivity index (χ2n) is 4.38. The molecular weight excluding hydrogens is 250 g/mol. The van der Waals surface area contributed by atoms with Gasteiger partial charge in [0.1, 0.15) is 5.75 Å². The second kappa shape index (κ2) is 7.98. The first-order valence-electron chi connectivity index (χ1n) is 6.42. The maximum atomic E-state index is 11.6. The summed E-state index contributed by atoms with van der Waals surface area (Å²) >= 11 is 5.69. The van der Waals surface area contributed by atoms with Gasteiger partial charge in [-0.15, -0.1) is 0 Å². The molecule has 0 aliphatic heterocycles. The third kappa shape index (κ3) is 5.41. The number of unbranched alkanes of at least 4 members (excludes halogenated alkanes) is 4. The van der Waals surface area contributed by atoms with Crippen LogP contribution in [0.15, 0.2) is 18.2 Å². The molecule has 1 aromatic rings. The molecule has 0 aliphatic rings. The lowest BCUT2D eigenvalue weighted by Crippen LogP contribution is -2.10. The van der Waals surface area contributed by atoms with Crippen LogP contribution in [0.4, 0.5) is 5.69 Å². The molecule has 1 amide bonds. The minimum absolute atomic E-state index is 0.0163. The maximum Gasteiger partial charge on any atom is 0.224 e. The monoisotopic (exact) mass is 269 g/mol. The van der Waals surface area contributed by atoms with Gasteiger partial charge in [0.05, 0.1) is 5.02 Å². The molecule has 0 saturated heterocycles. The summed E-state index contributed by atoms with van der Waals surface area (Å²) < 4.78 is 0. The van der Waals surface area contributed by atoms with Crippen molar-refractivity contribution >= 4 is 23.2 Å². The Kier molecular flexibility index (Phi) is 6.58. The molecule has 1 rings (SSSR count). The number of anilines is 1. The Bertz CT molecular complexity index is 393. The molecule has 1 aromatic carbocycles. The molecular formula is C14H20ClNO2. The van der Waals surface area contributed by atoms with Gasteiger partial charge in [-0.25, -0.2) is 0 Å². The van der Waals surface area contributed by atoms with Crippen molar-refractivity contribution in [1.82, 2.24) is 0 Å². The van der Waals surface area contributed by atoms with Crippen molar-refractivity contribution < 1.29 is 9.90 Å². The molecule has 0 atom stereocenters. The lowest BCUT2D eigenvalue weighted by Gasteiger charge is -2.06. The van der Waals surface area contributed by atoms with Gasteiger partial charge in [-0.3, -0.25) is 4.79 Å². The number of hydrogen-bond donors (Lipinski definition) is 2. The van der Waals surface area contributed by atoms with Crippen LogP contribution in [0.5, 0.6) is 5.75 Å². The highest BCUT2D eigenvalue weighted by Crippen LogP contribution is 2.26. The fourth-order valence-corrected chi connectivity index (χ4v) is 1.82. The molecule has 2 N–H and O–H groups in total. The first kappa shape index (κ1) is 14.8. The number of carbonyl (C=O) groups is 1. The molecule has 0 saturated carbocycles. The van der Waals surface area contributed by atoms with E-state index in [4.69, 9.17) is 11.6 Å². The lowest BCUT2D eigenvalue weighted by molar-refractivity contribution is -0.116. The minimum Gasteiger partial charge on any atom is -0.506 e. The van der Waals surface area contributed by atoms with Gasteiger partial charge in [0.15, 0.2) is 0 Å². The fourth-order valence-electron chi connectivity index (χ4n) is 1.70. The lowest BCUT2D eigenvalue weighted by atomic mass is 10.1. The van der Waals surface area contributed by atoms with Crippen molar-refractivity contribution in [2.75, 3.05) is 5.32 Å². The molecule has 3 nitrogen and oxygen atoms in total. The van der Waals surface area contributed by atoms with E-state index in [1.807, 2.05) is 0 Å². The van der Waals surface area contributed by atoms with Gasteiger partial charge < -0.3 is 10.4 Å². The second-order valence-corrected chi connectivity index (χ2v) is 4.79. The SMILES string of the molecule is CCCCCCCC(=O)Nc1ccc(Cl)c(O)c1. The van der Waals surface area contributed by atoms with Crippen molar-refractivity contribution in [3.05, 3.63) is 23.2 Å². The van der Waals surface area contributed by atoms with Crippen LogP contribution < -0.4 is 5.32 Å². The van der Waals surface area contributed by atoms with E-state index in [0.717, 1.165) is 12.8 Å². The van der Waals surface area contributed by atoms with Crippen LogP contribution in [0.3, 0.4) is 0 Å².